The Morgan fingerprint density at radius 1 is 1.08 bits per heavy atom. The van der Waals surface area contributed by atoms with Crippen LogP contribution >= 0.6 is 0 Å². The van der Waals surface area contributed by atoms with Crippen LogP contribution in [0.1, 0.15) is 51.4 Å². The number of nitrogens with zero attached hydrogens (tertiary/aromatic N) is 2. The van der Waals surface area contributed by atoms with E-state index in [1.807, 2.05) is 11.9 Å². The van der Waals surface area contributed by atoms with Gasteiger partial charge in [-0.05, 0) is 43.5 Å². The molecule has 1 saturated carbocycles. The van der Waals surface area contributed by atoms with Gasteiger partial charge in [-0.2, -0.15) is 0 Å². The van der Waals surface area contributed by atoms with Gasteiger partial charge < -0.3 is 4.90 Å². The zero-order chi connectivity index (χ0) is 19.2. The standard InChI is InChI=1S/C19H29FN2O3S/c1-21(26(24,25)18-13-11-16(20)12-14-18)15-7-10-19(23)22(2)17-8-5-3-4-6-9-17/h11-14,17H,3-10,15H2,1-2H3. The molecule has 0 atom stereocenters. The molecular weight excluding hydrogens is 355 g/mol. The molecule has 0 N–H and O–H groups in total. The van der Waals surface area contributed by atoms with E-state index < -0.39 is 15.8 Å². The van der Waals surface area contributed by atoms with E-state index in [2.05, 4.69) is 0 Å². The highest BCUT2D eigenvalue weighted by Crippen LogP contribution is 2.22. The average molecular weight is 385 g/mol. The molecule has 1 aromatic rings. The average Bonchev–Trinajstić information content (AvgIpc) is 2.90. The van der Waals surface area contributed by atoms with Gasteiger partial charge in [0, 0.05) is 33.1 Å². The molecule has 1 fully saturated rings. The van der Waals surface area contributed by atoms with Gasteiger partial charge in [0.15, 0.2) is 0 Å². The first kappa shape index (κ1) is 20.8. The maximum absolute atomic E-state index is 13.0. The fourth-order valence-corrected chi connectivity index (χ4v) is 4.59. The first-order valence-corrected chi connectivity index (χ1v) is 10.7. The Hall–Kier alpha value is -1.47. The van der Waals surface area contributed by atoms with Crippen LogP contribution in [0, 0.1) is 5.82 Å². The minimum Gasteiger partial charge on any atom is -0.343 e. The molecule has 1 aromatic carbocycles. The summed E-state index contributed by atoms with van der Waals surface area (Å²) < 4.78 is 39.1. The summed E-state index contributed by atoms with van der Waals surface area (Å²) in [5.41, 5.74) is 0. The van der Waals surface area contributed by atoms with Gasteiger partial charge in [-0.25, -0.2) is 17.1 Å². The van der Waals surface area contributed by atoms with Gasteiger partial charge in [0.1, 0.15) is 5.82 Å². The van der Waals surface area contributed by atoms with Crippen molar-refractivity contribution in [1.82, 2.24) is 9.21 Å². The summed E-state index contributed by atoms with van der Waals surface area (Å²) in [6, 6.07) is 5.08. The Labute approximate surface area is 156 Å². The lowest BCUT2D eigenvalue weighted by atomic mass is 10.1. The van der Waals surface area contributed by atoms with Gasteiger partial charge in [0.05, 0.1) is 4.90 Å². The maximum Gasteiger partial charge on any atom is 0.242 e. The van der Waals surface area contributed by atoms with Crippen LogP contribution in [0.15, 0.2) is 29.2 Å². The lowest BCUT2D eigenvalue weighted by molar-refractivity contribution is -0.132. The first-order valence-electron chi connectivity index (χ1n) is 9.30. The van der Waals surface area contributed by atoms with Gasteiger partial charge in [-0.3, -0.25) is 4.79 Å². The van der Waals surface area contributed by atoms with Crippen molar-refractivity contribution in [3.8, 4) is 0 Å². The maximum atomic E-state index is 13.0. The van der Waals surface area contributed by atoms with E-state index >= 15 is 0 Å². The molecule has 0 radical (unpaired) electrons. The van der Waals surface area contributed by atoms with Crippen molar-refractivity contribution in [3.05, 3.63) is 30.1 Å². The molecule has 0 spiro atoms. The molecule has 0 bridgehead atoms. The second-order valence-corrected chi connectivity index (χ2v) is 9.08. The fraction of sp³-hybridized carbons (Fsp3) is 0.632. The molecule has 7 heteroatoms. The van der Waals surface area contributed by atoms with Crippen molar-refractivity contribution in [2.45, 2.75) is 62.3 Å². The van der Waals surface area contributed by atoms with Crippen LogP contribution in [0.2, 0.25) is 0 Å². The second-order valence-electron chi connectivity index (χ2n) is 7.03. The topological polar surface area (TPSA) is 57.7 Å². The molecule has 0 aliphatic heterocycles. The number of amides is 1. The Morgan fingerprint density at radius 2 is 1.65 bits per heavy atom. The third kappa shape index (κ3) is 5.51. The summed E-state index contributed by atoms with van der Waals surface area (Å²) in [7, 11) is -0.315. The van der Waals surface area contributed by atoms with Crippen molar-refractivity contribution in [1.29, 1.82) is 0 Å². The zero-order valence-electron chi connectivity index (χ0n) is 15.7. The zero-order valence-corrected chi connectivity index (χ0v) is 16.5. The highest BCUT2D eigenvalue weighted by molar-refractivity contribution is 7.89. The van der Waals surface area contributed by atoms with Crippen LogP contribution in [-0.4, -0.2) is 50.2 Å². The van der Waals surface area contributed by atoms with Gasteiger partial charge >= 0.3 is 0 Å². The number of carbonyl (C=O) groups is 1. The molecule has 1 amide bonds. The summed E-state index contributed by atoms with van der Waals surface area (Å²) in [4.78, 5) is 14.3. The van der Waals surface area contributed by atoms with E-state index in [0.29, 0.717) is 18.9 Å². The number of hydrogen-bond donors (Lipinski definition) is 0. The Balaban J connectivity index is 1.83. The molecule has 26 heavy (non-hydrogen) atoms. The van der Waals surface area contributed by atoms with E-state index in [4.69, 9.17) is 0 Å². The summed E-state index contributed by atoms with van der Waals surface area (Å²) in [6.45, 7) is 0.254. The largest absolute Gasteiger partial charge is 0.343 e. The monoisotopic (exact) mass is 384 g/mol. The van der Waals surface area contributed by atoms with Gasteiger partial charge in [-0.15, -0.1) is 0 Å². The lowest BCUT2D eigenvalue weighted by Gasteiger charge is -2.27. The molecule has 1 aliphatic rings. The smallest absolute Gasteiger partial charge is 0.242 e. The fourth-order valence-electron chi connectivity index (χ4n) is 3.38. The molecule has 1 aliphatic carbocycles. The highest BCUT2D eigenvalue weighted by atomic mass is 32.2. The molecule has 0 heterocycles. The molecule has 0 aromatic heterocycles. The van der Waals surface area contributed by atoms with E-state index in [1.165, 1.54) is 49.2 Å². The number of halogens is 1. The van der Waals surface area contributed by atoms with E-state index in [0.717, 1.165) is 25.0 Å². The van der Waals surface area contributed by atoms with Crippen LogP contribution in [0.3, 0.4) is 0 Å². The van der Waals surface area contributed by atoms with Crippen LogP contribution < -0.4 is 0 Å². The van der Waals surface area contributed by atoms with Crippen LogP contribution in [0.5, 0.6) is 0 Å². The highest BCUT2D eigenvalue weighted by Gasteiger charge is 2.23. The molecule has 0 unspecified atom stereocenters. The van der Waals surface area contributed by atoms with Crippen LogP contribution in [0.4, 0.5) is 4.39 Å². The summed E-state index contributed by atoms with van der Waals surface area (Å²) in [6.07, 6.45) is 7.72. The van der Waals surface area contributed by atoms with Crippen molar-refractivity contribution >= 4 is 15.9 Å². The van der Waals surface area contributed by atoms with E-state index in [-0.39, 0.29) is 17.3 Å². The van der Waals surface area contributed by atoms with Gasteiger partial charge in [-0.1, -0.05) is 25.7 Å². The van der Waals surface area contributed by atoms with E-state index in [1.54, 1.807) is 0 Å². The van der Waals surface area contributed by atoms with E-state index in [9.17, 15) is 17.6 Å². The molecule has 5 nitrogen and oxygen atoms in total. The summed E-state index contributed by atoms with van der Waals surface area (Å²) >= 11 is 0. The SMILES string of the molecule is CN(C(=O)CCCN(C)S(=O)(=O)c1ccc(F)cc1)C1CCCCCC1. The molecule has 146 valence electrons. The summed E-state index contributed by atoms with van der Waals surface area (Å²) in [5, 5.41) is 0. The van der Waals surface area contributed by atoms with Crippen LogP contribution in [0.25, 0.3) is 0 Å². The third-order valence-corrected chi connectivity index (χ3v) is 7.02. The summed E-state index contributed by atoms with van der Waals surface area (Å²) in [5.74, 6) is -0.400. The predicted molar refractivity (Wildman–Crippen MR) is 99.7 cm³/mol. The van der Waals surface area contributed by atoms with Gasteiger partial charge in [0.2, 0.25) is 15.9 Å². The third-order valence-electron chi connectivity index (χ3n) is 5.15. The minimum atomic E-state index is -3.66. The number of sulfonamides is 1. The quantitative estimate of drug-likeness (QED) is 0.677. The number of benzene rings is 1. The predicted octanol–water partition coefficient (Wildman–Crippen LogP) is 3.41. The molecular formula is C19H29FN2O3S. The lowest BCUT2D eigenvalue weighted by Crippen LogP contribution is -2.37. The second kappa shape index (κ2) is 9.46. The Bertz CT molecular complexity index is 683. The number of hydrogen-bond acceptors (Lipinski definition) is 3. The molecule has 2 rings (SSSR count). The molecule has 0 saturated heterocycles. The number of rotatable bonds is 7. The minimum absolute atomic E-state index is 0.0586. The van der Waals surface area contributed by atoms with Crippen molar-refractivity contribution in [2.24, 2.45) is 0 Å². The number of carbonyl (C=O) groups excluding carboxylic acids is 1. The Morgan fingerprint density at radius 3 is 2.23 bits per heavy atom. The first-order chi connectivity index (χ1) is 12.3. The van der Waals surface area contributed by atoms with Crippen LogP contribution in [-0.2, 0) is 14.8 Å². The van der Waals surface area contributed by atoms with Crippen molar-refractivity contribution < 1.29 is 17.6 Å². The van der Waals surface area contributed by atoms with Crippen molar-refractivity contribution in [2.75, 3.05) is 20.6 Å². The Kier molecular flexibility index (Phi) is 7.58. The van der Waals surface area contributed by atoms with Gasteiger partial charge in [0.25, 0.3) is 0 Å². The normalized spacial score (nSPS) is 16.5. The van der Waals surface area contributed by atoms with Crippen molar-refractivity contribution in [3.63, 3.8) is 0 Å².